The molecule has 0 amide bonds. The third-order valence-electron chi connectivity index (χ3n) is 3.44. The van der Waals surface area contributed by atoms with Crippen LogP contribution in [-0.2, 0) is 23.2 Å². The molecular formula is C13H24O5Si. The summed E-state index contributed by atoms with van der Waals surface area (Å²) in [5.41, 5.74) is 0.236. The lowest BCUT2D eigenvalue weighted by molar-refractivity contribution is -0.139. The summed E-state index contributed by atoms with van der Waals surface area (Å²) in [4.78, 5) is 22.5. The minimum atomic E-state index is -2.72. The average Bonchev–Trinajstić information content (AvgIpc) is 2.24. The van der Waals surface area contributed by atoms with Crippen LogP contribution in [0.25, 0.3) is 0 Å². The zero-order valence-corrected chi connectivity index (χ0v) is 13.3. The Kier molecular flexibility index (Phi) is 5.55. The van der Waals surface area contributed by atoms with Gasteiger partial charge in [-0.25, -0.2) is 0 Å². The number of rotatable bonds is 7. The fourth-order valence-corrected chi connectivity index (χ4v) is 5.00. The lowest BCUT2D eigenvalue weighted by Crippen LogP contribution is -2.45. The molecule has 0 N–H and O–H groups in total. The zero-order chi connectivity index (χ0) is 14.5. The van der Waals surface area contributed by atoms with Crippen molar-refractivity contribution in [2.24, 2.45) is 5.41 Å². The molecule has 1 saturated heterocycles. The molecule has 1 rings (SSSR count). The van der Waals surface area contributed by atoms with E-state index in [2.05, 4.69) is 6.92 Å². The van der Waals surface area contributed by atoms with E-state index in [4.69, 9.17) is 13.6 Å². The molecule has 1 heterocycles. The van der Waals surface area contributed by atoms with Crippen molar-refractivity contribution in [2.75, 3.05) is 13.2 Å². The van der Waals surface area contributed by atoms with Gasteiger partial charge < -0.3 is 13.6 Å². The number of ether oxygens (including phenoxy) is 1. The van der Waals surface area contributed by atoms with Crippen LogP contribution in [0, 0.1) is 5.41 Å². The Morgan fingerprint density at radius 3 is 2.05 bits per heavy atom. The van der Waals surface area contributed by atoms with E-state index >= 15 is 0 Å². The van der Waals surface area contributed by atoms with Gasteiger partial charge in [0.25, 0.3) is 11.9 Å². The number of carbonyl (C=O) groups excluding carboxylic acids is 2. The first kappa shape index (κ1) is 16.2. The smallest absolute Gasteiger partial charge is 0.463 e. The van der Waals surface area contributed by atoms with E-state index in [-0.39, 0.29) is 17.4 Å². The van der Waals surface area contributed by atoms with Gasteiger partial charge in [-0.1, -0.05) is 13.8 Å². The quantitative estimate of drug-likeness (QED) is 0.673. The van der Waals surface area contributed by atoms with Crippen molar-refractivity contribution >= 4 is 20.5 Å². The van der Waals surface area contributed by atoms with E-state index in [0.29, 0.717) is 12.1 Å². The normalized spacial score (nSPS) is 17.5. The first-order valence-electron chi connectivity index (χ1n) is 6.78. The molecule has 0 aliphatic carbocycles. The maximum Gasteiger partial charge on any atom is 0.463 e. The maximum atomic E-state index is 11.2. The second kappa shape index (κ2) is 6.52. The Morgan fingerprint density at radius 2 is 1.74 bits per heavy atom. The Balaban J connectivity index is 2.56. The minimum absolute atomic E-state index is 0.236. The Morgan fingerprint density at radius 1 is 1.21 bits per heavy atom. The lowest BCUT2D eigenvalue weighted by Gasteiger charge is -2.38. The SMILES string of the molecule is CC[Si](CCCC1(C)COC1)(OC(C)=O)OC(C)=O. The molecular weight excluding hydrogens is 264 g/mol. The number of hydrogen-bond donors (Lipinski definition) is 0. The number of carbonyl (C=O) groups is 2. The largest absolute Gasteiger partial charge is 0.485 e. The van der Waals surface area contributed by atoms with Gasteiger partial charge in [-0.15, -0.1) is 0 Å². The number of hydrogen-bond acceptors (Lipinski definition) is 5. The highest BCUT2D eigenvalue weighted by atomic mass is 28.4. The molecule has 1 aliphatic heterocycles. The Hall–Kier alpha value is -0.883. The van der Waals surface area contributed by atoms with Crippen molar-refractivity contribution in [3.8, 4) is 0 Å². The summed E-state index contributed by atoms with van der Waals surface area (Å²) in [6.07, 6.45) is 1.89. The second-order valence-corrected chi connectivity index (χ2v) is 9.05. The lowest BCUT2D eigenvalue weighted by atomic mass is 9.84. The summed E-state index contributed by atoms with van der Waals surface area (Å²) >= 11 is 0. The van der Waals surface area contributed by atoms with Crippen molar-refractivity contribution < 1.29 is 23.2 Å². The van der Waals surface area contributed by atoms with Crippen LogP contribution in [0.2, 0.25) is 12.1 Å². The standard InChI is InChI=1S/C13H24O5Si/c1-5-19(17-11(2)14,18-12(3)15)8-6-7-13(4)9-16-10-13/h5-10H2,1-4H3. The first-order valence-corrected chi connectivity index (χ1v) is 9.01. The summed E-state index contributed by atoms with van der Waals surface area (Å²) in [6.45, 7) is 8.39. The van der Waals surface area contributed by atoms with Crippen LogP contribution in [-0.4, -0.2) is 33.7 Å². The molecule has 0 unspecified atom stereocenters. The highest BCUT2D eigenvalue weighted by Crippen LogP contribution is 2.34. The first-order chi connectivity index (χ1) is 8.81. The Labute approximate surface area is 115 Å². The van der Waals surface area contributed by atoms with Crippen LogP contribution >= 0.6 is 0 Å². The highest BCUT2D eigenvalue weighted by molar-refractivity contribution is 6.70. The fraction of sp³-hybridized carbons (Fsp3) is 0.846. The monoisotopic (exact) mass is 288 g/mol. The van der Waals surface area contributed by atoms with Crippen LogP contribution in [0.15, 0.2) is 0 Å². The molecule has 1 aliphatic rings. The van der Waals surface area contributed by atoms with Crippen molar-refractivity contribution in [1.82, 2.24) is 0 Å². The topological polar surface area (TPSA) is 61.8 Å². The predicted octanol–water partition coefficient (Wildman–Crippen LogP) is 2.39. The molecule has 0 radical (unpaired) electrons. The van der Waals surface area contributed by atoms with Crippen molar-refractivity contribution in [3.63, 3.8) is 0 Å². The minimum Gasteiger partial charge on any atom is -0.485 e. The molecule has 19 heavy (non-hydrogen) atoms. The molecule has 0 bridgehead atoms. The molecule has 1 fully saturated rings. The van der Waals surface area contributed by atoms with Gasteiger partial charge in [0.05, 0.1) is 13.2 Å². The van der Waals surface area contributed by atoms with E-state index in [0.717, 1.165) is 26.1 Å². The highest BCUT2D eigenvalue weighted by Gasteiger charge is 2.43. The summed E-state index contributed by atoms with van der Waals surface area (Å²) < 4.78 is 16.0. The van der Waals surface area contributed by atoms with Gasteiger partial charge in [-0.2, -0.15) is 0 Å². The third kappa shape index (κ3) is 4.95. The molecule has 0 spiro atoms. The molecule has 0 aromatic heterocycles. The Bertz CT molecular complexity index is 322. The van der Waals surface area contributed by atoms with Gasteiger partial charge in [0.2, 0.25) is 0 Å². The van der Waals surface area contributed by atoms with E-state index < -0.39 is 8.56 Å². The molecule has 0 aromatic carbocycles. The van der Waals surface area contributed by atoms with E-state index in [9.17, 15) is 9.59 Å². The van der Waals surface area contributed by atoms with Crippen molar-refractivity contribution in [2.45, 2.75) is 52.6 Å². The summed E-state index contributed by atoms with van der Waals surface area (Å²) in [5.74, 6) is -0.735. The zero-order valence-electron chi connectivity index (χ0n) is 12.3. The van der Waals surface area contributed by atoms with Crippen molar-refractivity contribution in [1.29, 1.82) is 0 Å². The second-order valence-electron chi connectivity index (χ2n) is 5.61. The van der Waals surface area contributed by atoms with Gasteiger partial charge >= 0.3 is 8.56 Å². The van der Waals surface area contributed by atoms with E-state index in [1.54, 1.807) is 0 Å². The van der Waals surface area contributed by atoms with Crippen LogP contribution in [0.4, 0.5) is 0 Å². The summed E-state index contributed by atoms with van der Waals surface area (Å²) in [5, 5.41) is 0. The van der Waals surface area contributed by atoms with Crippen molar-refractivity contribution in [3.05, 3.63) is 0 Å². The van der Waals surface area contributed by atoms with Gasteiger partial charge in [0.1, 0.15) is 0 Å². The molecule has 110 valence electrons. The fourth-order valence-electron chi connectivity index (χ4n) is 2.35. The summed E-state index contributed by atoms with van der Waals surface area (Å²) in [7, 11) is -2.72. The average molecular weight is 288 g/mol. The van der Waals surface area contributed by atoms with Gasteiger partial charge in [0, 0.05) is 31.4 Å². The van der Waals surface area contributed by atoms with E-state index in [1.807, 2.05) is 6.92 Å². The third-order valence-corrected chi connectivity index (χ3v) is 6.95. The van der Waals surface area contributed by atoms with Gasteiger partial charge in [-0.3, -0.25) is 9.59 Å². The molecule has 5 nitrogen and oxygen atoms in total. The molecule has 6 heteroatoms. The predicted molar refractivity (Wildman–Crippen MR) is 72.7 cm³/mol. The van der Waals surface area contributed by atoms with Gasteiger partial charge in [-0.05, 0) is 12.8 Å². The van der Waals surface area contributed by atoms with Gasteiger partial charge in [0.15, 0.2) is 0 Å². The molecule has 0 saturated carbocycles. The molecule has 0 atom stereocenters. The van der Waals surface area contributed by atoms with Crippen LogP contribution in [0.1, 0.15) is 40.5 Å². The maximum absolute atomic E-state index is 11.2. The van der Waals surface area contributed by atoms with Crippen LogP contribution < -0.4 is 0 Å². The molecule has 0 aromatic rings. The van der Waals surface area contributed by atoms with Crippen LogP contribution in [0.5, 0.6) is 0 Å². The van der Waals surface area contributed by atoms with E-state index in [1.165, 1.54) is 13.8 Å². The summed E-state index contributed by atoms with van der Waals surface area (Å²) in [6, 6.07) is 1.26. The van der Waals surface area contributed by atoms with Crippen LogP contribution in [0.3, 0.4) is 0 Å².